The van der Waals surface area contributed by atoms with E-state index < -0.39 is 10.0 Å². The molecule has 1 N–H and O–H groups in total. The molecule has 0 atom stereocenters. The minimum atomic E-state index is -3.57. The highest BCUT2D eigenvalue weighted by molar-refractivity contribution is 7.92. The van der Waals surface area contributed by atoms with Crippen LogP contribution in [0.15, 0.2) is 48.5 Å². The zero-order valence-electron chi connectivity index (χ0n) is 13.4. The van der Waals surface area contributed by atoms with E-state index in [0.29, 0.717) is 21.8 Å². The first-order valence-electron chi connectivity index (χ1n) is 7.33. The molecule has 0 fully saturated rings. The van der Waals surface area contributed by atoms with Gasteiger partial charge in [-0.05, 0) is 30.3 Å². The lowest BCUT2D eigenvalue weighted by atomic mass is 10.2. The second-order valence-electron chi connectivity index (χ2n) is 5.23. The van der Waals surface area contributed by atoms with Gasteiger partial charge in [-0.15, -0.1) is 0 Å². The SMILES string of the molecule is CS(=O)(=O)N(CCNC(=O)c1ccccc1Cl)c1cccc(C#N)c1. The molecule has 2 rings (SSSR count). The average molecular weight is 378 g/mol. The molecule has 0 spiro atoms. The van der Waals surface area contributed by atoms with E-state index in [-0.39, 0.29) is 19.0 Å². The van der Waals surface area contributed by atoms with Crippen molar-refractivity contribution in [3.8, 4) is 6.07 Å². The third kappa shape index (κ3) is 4.95. The zero-order valence-corrected chi connectivity index (χ0v) is 15.0. The Bertz CT molecular complexity index is 923. The minimum absolute atomic E-state index is 0.0317. The Morgan fingerprint density at radius 1 is 1.24 bits per heavy atom. The Hall–Kier alpha value is -2.56. The van der Waals surface area contributed by atoms with Crippen molar-refractivity contribution in [2.75, 3.05) is 23.7 Å². The summed E-state index contributed by atoms with van der Waals surface area (Å²) in [6.45, 7) is 0.123. The van der Waals surface area contributed by atoms with Crippen LogP contribution in [0.25, 0.3) is 0 Å². The first kappa shape index (κ1) is 18.8. The largest absolute Gasteiger partial charge is 0.350 e. The lowest BCUT2D eigenvalue weighted by molar-refractivity contribution is 0.0955. The van der Waals surface area contributed by atoms with E-state index in [2.05, 4.69) is 5.32 Å². The fourth-order valence-electron chi connectivity index (χ4n) is 2.23. The van der Waals surface area contributed by atoms with E-state index in [9.17, 15) is 13.2 Å². The lowest BCUT2D eigenvalue weighted by Crippen LogP contribution is -2.38. The minimum Gasteiger partial charge on any atom is -0.350 e. The molecule has 0 saturated heterocycles. The van der Waals surface area contributed by atoms with Crippen LogP contribution in [-0.2, 0) is 10.0 Å². The van der Waals surface area contributed by atoms with Gasteiger partial charge in [0, 0.05) is 6.54 Å². The smallest absolute Gasteiger partial charge is 0.252 e. The van der Waals surface area contributed by atoms with Gasteiger partial charge in [0.1, 0.15) is 0 Å². The summed E-state index contributed by atoms with van der Waals surface area (Å²) in [5.74, 6) is -0.384. The Labute approximate surface area is 151 Å². The molecule has 130 valence electrons. The van der Waals surface area contributed by atoms with Crippen LogP contribution in [0.5, 0.6) is 0 Å². The van der Waals surface area contributed by atoms with Crippen molar-refractivity contribution in [2.24, 2.45) is 0 Å². The highest BCUT2D eigenvalue weighted by Crippen LogP contribution is 2.19. The quantitative estimate of drug-likeness (QED) is 0.836. The number of carbonyl (C=O) groups excluding carboxylic acids is 1. The Morgan fingerprint density at radius 2 is 1.96 bits per heavy atom. The summed E-state index contributed by atoms with van der Waals surface area (Å²) in [6, 6.07) is 14.8. The third-order valence-electron chi connectivity index (χ3n) is 3.38. The lowest BCUT2D eigenvalue weighted by Gasteiger charge is -2.22. The number of rotatable bonds is 6. The molecule has 0 radical (unpaired) electrons. The molecular weight excluding hydrogens is 362 g/mol. The van der Waals surface area contributed by atoms with Crippen molar-refractivity contribution >= 4 is 33.2 Å². The summed E-state index contributed by atoms with van der Waals surface area (Å²) in [7, 11) is -3.57. The second kappa shape index (κ2) is 8.01. The number of amides is 1. The molecule has 0 aromatic heterocycles. The number of anilines is 1. The molecule has 0 bridgehead atoms. The van der Waals surface area contributed by atoms with Gasteiger partial charge in [-0.1, -0.05) is 29.8 Å². The van der Waals surface area contributed by atoms with Crippen LogP contribution in [0.2, 0.25) is 5.02 Å². The summed E-state index contributed by atoms with van der Waals surface area (Å²) in [5.41, 5.74) is 1.04. The maximum Gasteiger partial charge on any atom is 0.252 e. The standard InChI is InChI=1S/C17H16ClN3O3S/c1-25(23,24)21(14-6-4-5-13(11-14)12-19)10-9-20-17(22)15-7-2-3-8-16(15)18/h2-8,11H,9-10H2,1H3,(H,20,22). The monoisotopic (exact) mass is 377 g/mol. The summed E-state index contributed by atoms with van der Waals surface area (Å²) in [6.07, 6.45) is 1.07. The molecule has 6 nitrogen and oxygen atoms in total. The molecule has 0 aliphatic heterocycles. The molecule has 1 amide bonds. The molecule has 0 aliphatic rings. The maximum absolute atomic E-state index is 12.1. The predicted molar refractivity (Wildman–Crippen MR) is 97.1 cm³/mol. The number of nitrogens with one attached hydrogen (secondary N) is 1. The van der Waals surface area contributed by atoms with E-state index in [1.54, 1.807) is 42.5 Å². The number of hydrogen-bond donors (Lipinski definition) is 1. The molecule has 0 heterocycles. The van der Waals surface area contributed by atoms with E-state index in [1.165, 1.54) is 6.07 Å². The topological polar surface area (TPSA) is 90.3 Å². The number of benzene rings is 2. The van der Waals surface area contributed by atoms with Crippen LogP contribution in [0.4, 0.5) is 5.69 Å². The maximum atomic E-state index is 12.1. The fraction of sp³-hybridized carbons (Fsp3) is 0.176. The van der Waals surface area contributed by atoms with Gasteiger partial charge in [0.25, 0.3) is 5.91 Å². The van der Waals surface area contributed by atoms with Crippen molar-refractivity contribution in [3.63, 3.8) is 0 Å². The van der Waals surface area contributed by atoms with E-state index >= 15 is 0 Å². The van der Waals surface area contributed by atoms with Crippen LogP contribution < -0.4 is 9.62 Å². The molecule has 2 aromatic carbocycles. The van der Waals surface area contributed by atoms with Crippen molar-refractivity contribution < 1.29 is 13.2 Å². The van der Waals surface area contributed by atoms with Crippen LogP contribution in [0.3, 0.4) is 0 Å². The number of sulfonamides is 1. The number of halogens is 1. The molecule has 2 aromatic rings. The van der Waals surface area contributed by atoms with Gasteiger partial charge in [0.05, 0.1) is 40.7 Å². The highest BCUT2D eigenvalue weighted by Gasteiger charge is 2.18. The third-order valence-corrected chi connectivity index (χ3v) is 4.91. The van der Waals surface area contributed by atoms with Gasteiger partial charge in [0.2, 0.25) is 10.0 Å². The average Bonchev–Trinajstić information content (AvgIpc) is 2.58. The zero-order chi connectivity index (χ0) is 18.4. The Kier molecular flexibility index (Phi) is 6.02. The van der Waals surface area contributed by atoms with Crippen LogP contribution in [0, 0.1) is 11.3 Å². The highest BCUT2D eigenvalue weighted by atomic mass is 35.5. The first-order valence-corrected chi connectivity index (χ1v) is 9.56. The van der Waals surface area contributed by atoms with Crippen LogP contribution >= 0.6 is 11.6 Å². The van der Waals surface area contributed by atoms with Crippen LogP contribution in [-0.4, -0.2) is 33.7 Å². The van der Waals surface area contributed by atoms with Gasteiger partial charge < -0.3 is 5.32 Å². The molecule has 0 unspecified atom stereocenters. The van der Waals surface area contributed by atoms with Crippen molar-refractivity contribution in [1.82, 2.24) is 5.32 Å². The first-order chi connectivity index (χ1) is 11.8. The van der Waals surface area contributed by atoms with E-state index in [0.717, 1.165) is 10.6 Å². The Balaban J connectivity index is 2.10. The summed E-state index contributed by atoms with van der Waals surface area (Å²) < 4.78 is 25.2. The molecule has 0 saturated carbocycles. The van der Waals surface area contributed by atoms with Gasteiger partial charge in [0.15, 0.2) is 0 Å². The molecule has 8 heteroatoms. The van der Waals surface area contributed by atoms with Crippen molar-refractivity contribution in [2.45, 2.75) is 0 Å². The predicted octanol–water partition coefficient (Wildman–Crippen LogP) is 2.41. The summed E-state index contributed by atoms with van der Waals surface area (Å²) >= 11 is 5.96. The summed E-state index contributed by atoms with van der Waals surface area (Å²) in [4.78, 5) is 12.1. The van der Waals surface area contributed by atoms with Gasteiger partial charge >= 0.3 is 0 Å². The molecular formula is C17H16ClN3O3S. The number of nitrogens with zero attached hydrogens (tertiary/aromatic N) is 2. The number of nitriles is 1. The van der Waals surface area contributed by atoms with Gasteiger partial charge in [-0.3, -0.25) is 9.10 Å². The number of carbonyl (C=O) groups is 1. The Morgan fingerprint density at radius 3 is 2.60 bits per heavy atom. The van der Waals surface area contributed by atoms with E-state index in [4.69, 9.17) is 16.9 Å². The van der Waals surface area contributed by atoms with E-state index in [1.807, 2.05) is 6.07 Å². The second-order valence-corrected chi connectivity index (χ2v) is 7.55. The van der Waals surface area contributed by atoms with Crippen LogP contribution in [0.1, 0.15) is 15.9 Å². The van der Waals surface area contributed by atoms with Crippen molar-refractivity contribution in [1.29, 1.82) is 5.26 Å². The van der Waals surface area contributed by atoms with Gasteiger partial charge in [-0.2, -0.15) is 5.26 Å². The normalized spacial score (nSPS) is 10.8. The molecule has 25 heavy (non-hydrogen) atoms. The molecule has 0 aliphatic carbocycles. The van der Waals surface area contributed by atoms with Gasteiger partial charge in [-0.25, -0.2) is 8.42 Å². The fourth-order valence-corrected chi connectivity index (χ4v) is 3.37. The van der Waals surface area contributed by atoms with Crippen molar-refractivity contribution in [3.05, 3.63) is 64.7 Å². The number of hydrogen-bond acceptors (Lipinski definition) is 4. The summed E-state index contributed by atoms with van der Waals surface area (Å²) in [5, 5.41) is 11.9.